The maximum Gasteiger partial charge on any atom is 0.308 e. The van der Waals surface area contributed by atoms with Gasteiger partial charge in [0.15, 0.2) is 0 Å². The Hall–Kier alpha value is -1.06. The first kappa shape index (κ1) is 22.0. The lowest BCUT2D eigenvalue weighted by atomic mass is 9.82. The smallest absolute Gasteiger partial charge is 0.308 e. The summed E-state index contributed by atoms with van der Waals surface area (Å²) in [5.41, 5.74) is 0. The van der Waals surface area contributed by atoms with Crippen molar-refractivity contribution in [3.63, 3.8) is 0 Å². The van der Waals surface area contributed by atoms with E-state index in [0.29, 0.717) is 19.1 Å². The fourth-order valence-electron chi connectivity index (χ4n) is 3.42. The molecule has 0 aromatic heterocycles. The second-order valence-corrected chi connectivity index (χ2v) is 7.47. The van der Waals surface area contributed by atoms with Crippen LogP contribution in [-0.2, 0) is 19.1 Å². The van der Waals surface area contributed by atoms with Gasteiger partial charge in [0, 0.05) is 0 Å². The summed E-state index contributed by atoms with van der Waals surface area (Å²) in [6.45, 7) is 7.56. The third-order valence-corrected chi connectivity index (χ3v) is 5.39. The molecular weight excluding hydrogens is 316 g/mol. The van der Waals surface area contributed by atoms with Gasteiger partial charge in [0.25, 0.3) is 0 Å². The van der Waals surface area contributed by atoms with E-state index >= 15 is 0 Å². The molecule has 0 amide bonds. The number of unbranched alkanes of at least 4 members (excludes halogenated alkanes) is 3. The van der Waals surface area contributed by atoms with Gasteiger partial charge in [0.05, 0.1) is 25.0 Å². The van der Waals surface area contributed by atoms with Crippen LogP contribution in [0.1, 0.15) is 91.4 Å². The molecule has 4 nitrogen and oxygen atoms in total. The Morgan fingerprint density at radius 2 is 1.40 bits per heavy atom. The molecule has 0 heterocycles. The van der Waals surface area contributed by atoms with Crippen molar-refractivity contribution in [1.82, 2.24) is 0 Å². The van der Waals surface area contributed by atoms with Crippen molar-refractivity contribution in [2.45, 2.75) is 91.4 Å². The van der Waals surface area contributed by atoms with E-state index in [9.17, 15) is 9.59 Å². The van der Waals surface area contributed by atoms with Gasteiger partial charge in [-0.05, 0) is 44.4 Å². The maximum absolute atomic E-state index is 12.3. The van der Waals surface area contributed by atoms with Gasteiger partial charge in [0.2, 0.25) is 0 Å². The molecule has 1 fully saturated rings. The molecule has 1 unspecified atom stereocenters. The normalized spacial score (nSPS) is 21.6. The Morgan fingerprint density at radius 3 is 1.92 bits per heavy atom. The van der Waals surface area contributed by atoms with E-state index in [1.165, 1.54) is 12.8 Å². The van der Waals surface area contributed by atoms with Crippen LogP contribution in [0.4, 0.5) is 0 Å². The highest BCUT2D eigenvalue weighted by atomic mass is 16.5. The Morgan fingerprint density at radius 1 is 0.840 bits per heavy atom. The highest BCUT2D eigenvalue weighted by Gasteiger charge is 2.31. The maximum atomic E-state index is 12.3. The van der Waals surface area contributed by atoms with Crippen LogP contribution in [0.5, 0.6) is 0 Å². The SMILES string of the molecule is CCCCCOC(=O)C1CCC(C(=O)OCC(CC)CCCC)CC1. The number of carbonyl (C=O) groups excluding carboxylic acids is 2. The number of rotatable bonds is 12. The van der Waals surface area contributed by atoms with Gasteiger partial charge in [-0.2, -0.15) is 0 Å². The number of ether oxygens (including phenoxy) is 2. The molecule has 0 radical (unpaired) electrons. The minimum absolute atomic E-state index is 0.0291. The molecule has 25 heavy (non-hydrogen) atoms. The highest BCUT2D eigenvalue weighted by Crippen LogP contribution is 2.30. The number of carbonyl (C=O) groups is 2. The van der Waals surface area contributed by atoms with Gasteiger partial charge < -0.3 is 9.47 Å². The highest BCUT2D eigenvalue weighted by molar-refractivity contribution is 5.75. The van der Waals surface area contributed by atoms with Gasteiger partial charge in [-0.25, -0.2) is 0 Å². The molecule has 1 atom stereocenters. The molecule has 0 spiro atoms. The van der Waals surface area contributed by atoms with Gasteiger partial charge in [-0.15, -0.1) is 0 Å². The first-order valence-electron chi connectivity index (χ1n) is 10.5. The molecule has 0 bridgehead atoms. The van der Waals surface area contributed by atoms with Crippen LogP contribution < -0.4 is 0 Å². The molecular formula is C21H38O4. The zero-order valence-corrected chi connectivity index (χ0v) is 16.6. The molecule has 146 valence electrons. The number of esters is 2. The predicted molar refractivity (Wildman–Crippen MR) is 100 cm³/mol. The van der Waals surface area contributed by atoms with Crippen LogP contribution in [0.25, 0.3) is 0 Å². The average molecular weight is 355 g/mol. The van der Waals surface area contributed by atoms with E-state index in [0.717, 1.165) is 57.8 Å². The van der Waals surface area contributed by atoms with E-state index in [2.05, 4.69) is 20.8 Å². The van der Waals surface area contributed by atoms with E-state index in [1.54, 1.807) is 0 Å². The van der Waals surface area contributed by atoms with Crippen LogP contribution in [-0.4, -0.2) is 25.2 Å². The summed E-state index contributed by atoms with van der Waals surface area (Å²) in [5, 5.41) is 0. The van der Waals surface area contributed by atoms with Crippen molar-refractivity contribution in [1.29, 1.82) is 0 Å². The summed E-state index contributed by atoms with van der Waals surface area (Å²) in [7, 11) is 0. The van der Waals surface area contributed by atoms with Crippen LogP contribution >= 0.6 is 0 Å². The predicted octanol–water partition coefficient (Wildman–Crippen LogP) is 5.29. The lowest BCUT2D eigenvalue weighted by molar-refractivity contribution is -0.156. The molecule has 0 N–H and O–H groups in total. The molecule has 4 heteroatoms. The van der Waals surface area contributed by atoms with E-state index in [1.807, 2.05) is 0 Å². The van der Waals surface area contributed by atoms with Gasteiger partial charge in [-0.3, -0.25) is 9.59 Å². The molecule has 0 aromatic rings. The molecule has 1 aliphatic rings. The molecule has 0 aliphatic heterocycles. The summed E-state index contributed by atoms with van der Waals surface area (Å²) in [5.74, 6) is 0.281. The summed E-state index contributed by atoms with van der Waals surface area (Å²) in [6, 6.07) is 0. The molecule has 0 saturated heterocycles. The quantitative estimate of drug-likeness (QED) is 0.353. The van der Waals surface area contributed by atoms with Gasteiger partial charge >= 0.3 is 11.9 Å². The lowest BCUT2D eigenvalue weighted by Gasteiger charge is -2.26. The topological polar surface area (TPSA) is 52.6 Å². The second-order valence-electron chi connectivity index (χ2n) is 7.47. The van der Waals surface area contributed by atoms with E-state index < -0.39 is 0 Å². The van der Waals surface area contributed by atoms with Crippen molar-refractivity contribution in [3.8, 4) is 0 Å². The van der Waals surface area contributed by atoms with Crippen LogP contribution in [0, 0.1) is 17.8 Å². The molecule has 1 rings (SSSR count). The Kier molecular flexibility index (Phi) is 11.6. The minimum Gasteiger partial charge on any atom is -0.465 e. The molecule has 0 aromatic carbocycles. The van der Waals surface area contributed by atoms with Gasteiger partial charge in [-0.1, -0.05) is 52.9 Å². The molecule has 1 saturated carbocycles. The standard InChI is InChI=1S/C21H38O4/c1-4-7-9-15-24-20(22)18-11-13-19(14-12-18)21(23)25-16-17(6-3)10-8-5-2/h17-19H,4-16H2,1-3H3. The fourth-order valence-corrected chi connectivity index (χ4v) is 3.42. The number of hydrogen-bond donors (Lipinski definition) is 0. The third kappa shape index (κ3) is 8.73. The van der Waals surface area contributed by atoms with Crippen LogP contribution in [0.3, 0.4) is 0 Å². The minimum atomic E-state index is -0.0754. The first-order chi connectivity index (χ1) is 12.1. The Bertz CT molecular complexity index is 372. The van der Waals surface area contributed by atoms with Crippen LogP contribution in [0.2, 0.25) is 0 Å². The van der Waals surface area contributed by atoms with E-state index in [4.69, 9.17) is 9.47 Å². The molecule has 1 aliphatic carbocycles. The van der Waals surface area contributed by atoms with Crippen molar-refractivity contribution in [3.05, 3.63) is 0 Å². The summed E-state index contributed by atoms with van der Waals surface area (Å²) in [4.78, 5) is 24.3. The monoisotopic (exact) mass is 354 g/mol. The van der Waals surface area contributed by atoms with Gasteiger partial charge in [0.1, 0.15) is 0 Å². The summed E-state index contributed by atoms with van der Waals surface area (Å²) >= 11 is 0. The fraction of sp³-hybridized carbons (Fsp3) is 0.905. The Labute approximate surface area is 154 Å². The number of hydrogen-bond acceptors (Lipinski definition) is 4. The van der Waals surface area contributed by atoms with Crippen LogP contribution in [0.15, 0.2) is 0 Å². The van der Waals surface area contributed by atoms with Crippen molar-refractivity contribution >= 4 is 11.9 Å². The second kappa shape index (κ2) is 13.2. The zero-order chi connectivity index (χ0) is 18.5. The summed E-state index contributed by atoms with van der Waals surface area (Å²) in [6.07, 6.45) is 10.7. The lowest BCUT2D eigenvalue weighted by Crippen LogP contribution is -2.29. The average Bonchev–Trinajstić information content (AvgIpc) is 2.65. The zero-order valence-electron chi connectivity index (χ0n) is 16.6. The Balaban J connectivity index is 2.23. The first-order valence-corrected chi connectivity index (χ1v) is 10.5. The van der Waals surface area contributed by atoms with Crippen molar-refractivity contribution in [2.24, 2.45) is 17.8 Å². The third-order valence-electron chi connectivity index (χ3n) is 5.39. The summed E-state index contributed by atoms with van der Waals surface area (Å²) < 4.78 is 10.9. The largest absolute Gasteiger partial charge is 0.465 e. The van der Waals surface area contributed by atoms with Crippen molar-refractivity contribution in [2.75, 3.05) is 13.2 Å². The van der Waals surface area contributed by atoms with Crippen molar-refractivity contribution < 1.29 is 19.1 Å². The van der Waals surface area contributed by atoms with E-state index in [-0.39, 0.29) is 23.8 Å².